The zero-order chi connectivity index (χ0) is 9.80. The highest BCUT2D eigenvalue weighted by Crippen LogP contribution is 2.21. The Balaban J connectivity index is 2.13. The number of rotatable bonds is 3. The van der Waals surface area contributed by atoms with Crippen molar-refractivity contribution < 1.29 is 9.47 Å². The van der Waals surface area contributed by atoms with Crippen molar-refractivity contribution in [2.45, 2.75) is 13.0 Å². The van der Waals surface area contributed by atoms with Crippen LogP contribution in [0.2, 0.25) is 0 Å². The van der Waals surface area contributed by atoms with Gasteiger partial charge in [0.05, 0.1) is 13.2 Å². The maximum absolute atomic E-state index is 5.47. The van der Waals surface area contributed by atoms with Crippen molar-refractivity contribution in [2.75, 3.05) is 13.7 Å². The molecule has 2 nitrogen and oxygen atoms in total. The minimum Gasteiger partial charge on any atom is -0.493 e. The Morgan fingerprint density at radius 3 is 2.64 bits per heavy atom. The Kier molecular flexibility index (Phi) is 2.84. The third kappa shape index (κ3) is 1.96. The first kappa shape index (κ1) is 9.28. The van der Waals surface area contributed by atoms with Gasteiger partial charge in [-0.15, -0.1) is 0 Å². The van der Waals surface area contributed by atoms with Gasteiger partial charge in [-0.05, 0) is 11.6 Å². The second-order valence-electron chi connectivity index (χ2n) is 3.34. The highest BCUT2D eigenvalue weighted by molar-refractivity contribution is 5.61. The minimum atomic E-state index is 0.667. The van der Waals surface area contributed by atoms with Crippen molar-refractivity contribution in [3.63, 3.8) is 0 Å². The van der Waals surface area contributed by atoms with Crippen molar-refractivity contribution in [2.24, 2.45) is 0 Å². The molecule has 0 fully saturated rings. The Bertz CT molecular complexity index is 325. The Morgan fingerprint density at radius 2 is 2.07 bits per heavy atom. The highest BCUT2D eigenvalue weighted by atomic mass is 16.5. The maximum atomic E-state index is 5.47. The lowest BCUT2D eigenvalue weighted by molar-refractivity contribution is 0.185. The first-order valence-electron chi connectivity index (χ1n) is 4.81. The molecule has 1 heterocycles. The first-order chi connectivity index (χ1) is 6.90. The van der Waals surface area contributed by atoms with Gasteiger partial charge in [0.25, 0.3) is 0 Å². The molecule has 1 aromatic rings. The van der Waals surface area contributed by atoms with Crippen LogP contribution in [0.25, 0.3) is 5.76 Å². The summed E-state index contributed by atoms with van der Waals surface area (Å²) in [7, 11) is 1.70. The number of ether oxygens (including phenoxy) is 2. The van der Waals surface area contributed by atoms with Crippen molar-refractivity contribution >= 4 is 5.76 Å². The first-order valence-corrected chi connectivity index (χ1v) is 4.81. The van der Waals surface area contributed by atoms with E-state index in [9.17, 15) is 0 Å². The predicted molar refractivity (Wildman–Crippen MR) is 55.7 cm³/mol. The molecule has 74 valence electrons. The second kappa shape index (κ2) is 4.29. The molecule has 0 aliphatic carbocycles. The van der Waals surface area contributed by atoms with E-state index in [1.54, 1.807) is 7.11 Å². The van der Waals surface area contributed by atoms with Gasteiger partial charge in [0, 0.05) is 19.1 Å². The van der Waals surface area contributed by atoms with Gasteiger partial charge in [-0.2, -0.15) is 0 Å². The lowest BCUT2D eigenvalue weighted by Gasteiger charge is -2.04. The topological polar surface area (TPSA) is 18.5 Å². The molecule has 0 amide bonds. The summed E-state index contributed by atoms with van der Waals surface area (Å²) < 4.78 is 10.5. The normalized spacial score (nSPS) is 15.1. The lowest BCUT2D eigenvalue weighted by atomic mass is 10.1. The van der Waals surface area contributed by atoms with Crippen molar-refractivity contribution in [3.8, 4) is 0 Å². The SMILES string of the molecule is COCc1ccc(C2=CCCO2)cc1. The molecule has 2 heteroatoms. The third-order valence-electron chi connectivity index (χ3n) is 2.25. The van der Waals surface area contributed by atoms with E-state index < -0.39 is 0 Å². The summed E-state index contributed by atoms with van der Waals surface area (Å²) in [6.45, 7) is 1.48. The van der Waals surface area contributed by atoms with E-state index in [1.165, 1.54) is 5.56 Å². The zero-order valence-corrected chi connectivity index (χ0v) is 8.32. The summed E-state index contributed by atoms with van der Waals surface area (Å²) in [4.78, 5) is 0. The number of methoxy groups -OCH3 is 1. The van der Waals surface area contributed by atoms with Crippen LogP contribution >= 0.6 is 0 Å². The number of hydrogen-bond acceptors (Lipinski definition) is 2. The molecule has 0 unspecified atom stereocenters. The van der Waals surface area contributed by atoms with Crippen LogP contribution in [0.1, 0.15) is 17.5 Å². The monoisotopic (exact) mass is 190 g/mol. The molecule has 0 atom stereocenters. The van der Waals surface area contributed by atoms with E-state index in [0.29, 0.717) is 6.61 Å². The molecule has 2 rings (SSSR count). The molecule has 0 aromatic heterocycles. The zero-order valence-electron chi connectivity index (χ0n) is 8.32. The Labute approximate surface area is 84.2 Å². The average molecular weight is 190 g/mol. The predicted octanol–water partition coefficient (Wildman–Crippen LogP) is 2.59. The molecule has 14 heavy (non-hydrogen) atoms. The lowest BCUT2D eigenvalue weighted by Crippen LogP contribution is -1.89. The van der Waals surface area contributed by atoms with E-state index in [4.69, 9.17) is 9.47 Å². The smallest absolute Gasteiger partial charge is 0.122 e. The molecule has 0 radical (unpaired) electrons. The molecule has 0 N–H and O–H groups in total. The summed E-state index contributed by atoms with van der Waals surface area (Å²) in [6.07, 6.45) is 3.15. The average Bonchev–Trinajstić information content (AvgIpc) is 2.72. The third-order valence-corrected chi connectivity index (χ3v) is 2.25. The van der Waals surface area contributed by atoms with Crippen LogP contribution in [-0.4, -0.2) is 13.7 Å². The molecule has 0 saturated heterocycles. The van der Waals surface area contributed by atoms with Gasteiger partial charge in [-0.3, -0.25) is 0 Å². The molecular weight excluding hydrogens is 176 g/mol. The van der Waals surface area contributed by atoms with Crippen LogP contribution < -0.4 is 0 Å². The van der Waals surface area contributed by atoms with Crippen molar-refractivity contribution in [1.29, 1.82) is 0 Å². The van der Waals surface area contributed by atoms with Gasteiger partial charge in [0.15, 0.2) is 0 Å². The van der Waals surface area contributed by atoms with E-state index in [-0.39, 0.29) is 0 Å². The van der Waals surface area contributed by atoms with Crippen LogP contribution in [-0.2, 0) is 16.1 Å². The molecule has 1 aliphatic heterocycles. The van der Waals surface area contributed by atoms with Crippen molar-refractivity contribution in [1.82, 2.24) is 0 Å². The van der Waals surface area contributed by atoms with Gasteiger partial charge in [0.1, 0.15) is 5.76 Å². The van der Waals surface area contributed by atoms with Crippen LogP contribution in [0.5, 0.6) is 0 Å². The van der Waals surface area contributed by atoms with E-state index >= 15 is 0 Å². The van der Waals surface area contributed by atoms with E-state index in [1.807, 2.05) is 0 Å². The fourth-order valence-electron chi connectivity index (χ4n) is 1.55. The van der Waals surface area contributed by atoms with Gasteiger partial charge < -0.3 is 9.47 Å². The minimum absolute atomic E-state index is 0.667. The molecular formula is C12H14O2. The summed E-state index contributed by atoms with van der Waals surface area (Å²) in [6, 6.07) is 8.29. The van der Waals surface area contributed by atoms with E-state index in [0.717, 1.165) is 24.4 Å². The van der Waals surface area contributed by atoms with Crippen LogP contribution in [0.3, 0.4) is 0 Å². The van der Waals surface area contributed by atoms with Crippen molar-refractivity contribution in [3.05, 3.63) is 41.5 Å². The van der Waals surface area contributed by atoms with Crippen LogP contribution in [0.15, 0.2) is 30.3 Å². The molecule has 0 bridgehead atoms. The van der Waals surface area contributed by atoms with Gasteiger partial charge >= 0.3 is 0 Å². The largest absolute Gasteiger partial charge is 0.493 e. The molecule has 1 aromatic carbocycles. The molecule has 1 aliphatic rings. The summed E-state index contributed by atoms with van der Waals surface area (Å²) in [5, 5.41) is 0. The molecule has 0 saturated carbocycles. The maximum Gasteiger partial charge on any atom is 0.122 e. The Hall–Kier alpha value is -1.28. The fraction of sp³-hybridized carbons (Fsp3) is 0.333. The summed E-state index contributed by atoms with van der Waals surface area (Å²) >= 11 is 0. The second-order valence-corrected chi connectivity index (χ2v) is 3.34. The fourth-order valence-corrected chi connectivity index (χ4v) is 1.55. The summed E-state index contributed by atoms with van der Waals surface area (Å²) in [5.74, 6) is 1.01. The van der Waals surface area contributed by atoms with Gasteiger partial charge in [-0.25, -0.2) is 0 Å². The molecule has 0 spiro atoms. The Morgan fingerprint density at radius 1 is 1.29 bits per heavy atom. The highest BCUT2D eigenvalue weighted by Gasteiger charge is 2.07. The number of benzene rings is 1. The van der Waals surface area contributed by atoms with Gasteiger partial charge in [-0.1, -0.05) is 24.3 Å². The van der Waals surface area contributed by atoms with Crippen LogP contribution in [0.4, 0.5) is 0 Å². The van der Waals surface area contributed by atoms with E-state index in [2.05, 4.69) is 30.3 Å². The standard InChI is InChI=1S/C12H14O2/c1-13-9-10-4-6-11(7-5-10)12-3-2-8-14-12/h3-7H,2,8-9H2,1H3. The summed E-state index contributed by atoms with van der Waals surface area (Å²) in [5.41, 5.74) is 2.34. The quantitative estimate of drug-likeness (QED) is 0.729. The van der Waals surface area contributed by atoms with Gasteiger partial charge in [0.2, 0.25) is 0 Å². The van der Waals surface area contributed by atoms with Crippen LogP contribution in [0, 0.1) is 0 Å². The number of hydrogen-bond donors (Lipinski definition) is 0.